The molecule has 0 saturated carbocycles. The molecular weight excluding hydrogens is 689 g/mol. The third kappa shape index (κ3) is 7.03. The molecule has 0 bridgehead atoms. The van der Waals surface area contributed by atoms with Gasteiger partial charge in [0.2, 0.25) is 11.8 Å². The summed E-state index contributed by atoms with van der Waals surface area (Å²) in [4.78, 5) is 51.4. The van der Waals surface area contributed by atoms with E-state index in [1.165, 1.54) is 13.2 Å². The fraction of sp³-hybridized carbons (Fsp3) is 0.235. The fourth-order valence-corrected chi connectivity index (χ4v) is 5.79. The van der Waals surface area contributed by atoms with Crippen molar-refractivity contribution in [3.05, 3.63) is 105 Å². The summed E-state index contributed by atoms with van der Waals surface area (Å²) in [5, 5.41) is 7.02. The van der Waals surface area contributed by atoms with E-state index in [4.69, 9.17) is 13.9 Å². The minimum atomic E-state index is -0.559. The summed E-state index contributed by atoms with van der Waals surface area (Å²) in [7, 11) is 3.08. The zero-order valence-electron chi connectivity index (χ0n) is 25.1. The molecule has 2 heterocycles. The first-order valence-corrected chi connectivity index (χ1v) is 15.8. The van der Waals surface area contributed by atoms with Gasteiger partial charge in [-0.15, -0.1) is 0 Å². The predicted octanol–water partition coefficient (Wildman–Crippen LogP) is 4.71. The van der Waals surface area contributed by atoms with E-state index in [0.29, 0.717) is 50.4 Å². The summed E-state index contributed by atoms with van der Waals surface area (Å²) in [5.74, 6) is 0.415. The third-order valence-corrected chi connectivity index (χ3v) is 8.48. The van der Waals surface area contributed by atoms with E-state index in [-0.39, 0.29) is 43.7 Å². The summed E-state index contributed by atoms with van der Waals surface area (Å²) in [5.41, 5.74) is 4.06. The largest absolute Gasteiger partial charge is 0.497 e. The number of halogens is 1. The van der Waals surface area contributed by atoms with Gasteiger partial charge in [-0.2, -0.15) is 0 Å². The van der Waals surface area contributed by atoms with Gasteiger partial charge >= 0.3 is 5.63 Å². The molecule has 10 nitrogen and oxygen atoms in total. The molecule has 0 saturated heterocycles. The van der Waals surface area contributed by atoms with Crippen LogP contribution in [0.15, 0.2) is 75.9 Å². The van der Waals surface area contributed by atoms with Gasteiger partial charge in [-0.1, -0.05) is 34.7 Å². The summed E-state index contributed by atoms with van der Waals surface area (Å²) in [6.45, 7) is 2.22. The zero-order chi connectivity index (χ0) is 32.1. The summed E-state index contributed by atoms with van der Waals surface area (Å²) >= 11 is 2.28. The zero-order valence-corrected chi connectivity index (χ0v) is 27.2. The van der Waals surface area contributed by atoms with E-state index in [9.17, 15) is 19.2 Å². The van der Waals surface area contributed by atoms with Crippen molar-refractivity contribution in [2.45, 2.75) is 24.2 Å². The second kappa shape index (κ2) is 14.0. The molecule has 232 valence electrons. The first kappa shape index (κ1) is 31.8. The molecule has 3 aromatic carbocycles. The number of nitrogens with zero attached hydrogens (tertiary/aromatic N) is 1. The van der Waals surface area contributed by atoms with Gasteiger partial charge in [0.05, 0.1) is 32.6 Å². The second-order valence-electron chi connectivity index (χ2n) is 10.4. The number of alkyl halides is 1. The van der Waals surface area contributed by atoms with Gasteiger partial charge in [0.15, 0.2) is 0 Å². The fourth-order valence-electron chi connectivity index (χ4n) is 5.29. The highest BCUT2D eigenvalue weighted by molar-refractivity contribution is 14.1. The topological polar surface area (TPSA) is 129 Å². The highest BCUT2D eigenvalue weighted by Crippen LogP contribution is 2.31. The molecule has 2 N–H and O–H groups in total. The molecular formula is C34H32IN3O7. The van der Waals surface area contributed by atoms with Gasteiger partial charge in [-0.25, -0.2) is 4.79 Å². The van der Waals surface area contributed by atoms with Gasteiger partial charge in [0, 0.05) is 51.7 Å². The number of amides is 2. The first-order chi connectivity index (χ1) is 21.7. The van der Waals surface area contributed by atoms with Gasteiger partial charge in [0.1, 0.15) is 17.1 Å². The Morgan fingerprint density at radius 1 is 0.822 bits per heavy atom. The van der Waals surface area contributed by atoms with Crippen molar-refractivity contribution < 1.29 is 28.3 Å². The van der Waals surface area contributed by atoms with E-state index < -0.39 is 5.63 Å². The number of hydrogen-bond acceptors (Lipinski definition) is 7. The quantitative estimate of drug-likeness (QED) is 0.0875. The molecule has 0 aliphatic heterocycles. The molecule has 0 fully saturated rings. The number of methoxy groups -OCH3 is 2. The minimum absolute atomic E-state index is 0.0300. The van der Waals surface area contributed by atoms with Crippen LogP contribution in [0.5, 0.6) is 11.5 Å². The van der Waals surface area contributed by atoms with Crippen molar-refractivity contribution in [2.75, 3.05) is 27.3 Å². The van der Waals surface area contributed by atoms with E-state index in [1.807, 2.05) is 43.3 Å². The van der Waals surface area contributed by atoms with Crippen molar-refractivity contribution in [2.24, 2.45) is 0 Å². The Morgan fingerprint density at radius 2 is 1.47 bits per heavy atom. The number of rotatable bonds is 11. The lowest BCUT2D eigenvalue weighted by Crippen LogP contribution is -2.36. The molecule has 0 atom stereocenters. The average molecular weight is 722 g/mol. The van der Waals surface area contributed by atoms with E-state index in [0.717, 1.165) is 15.4 Å². The lowest BCUT2D eigenvalue weighted by Gasteiger charge is -2.10. The Balaban J connectivity index is 1.24. The standard InChI is InChI=1S/C34H32IN3O7/c1-20-27(28-16-24(43-2)9-11-29(28)38(20)34(42)22-6-4-21(19-35)5-7-22)18-32(40)37-13-12-36-31(39)14-23-15-33(41)45-30-17-25(44-3)8-10-26(23)30/h4-11,15-17H,12-14,18-19H2,1-3H3,(H,36,39)(H,37,40). The molecule has 0 aliphatic carbocycles. The Hall–Kier alpha value is -4.65. The number of ether oxygens (including phenoxy) is 2. The van der Waals surface area contributed by atoms with Crippen LogP contribution < -0.4 is 25.7 Å². The van der Waals surface area contributed by atoms with Crippen LogP contribution in [0.25, 0.3) is 21.9 Å². The van der Waals surface area contributed by atoms with Crippen LogP contribution in [0, 0.1) is 6.92 Å². The van der Waals surface area contributed by atoms with Crippen LogP contribution in [-0.4, -0.2) is 49.6 Å². The number of nitrogens with one attached hydrogen (secondary N) is 2. The van der Waals surface area contributed by atoms with Crippen molar-refractivity contribution in [3.63, 3.8) is 0 Å². The number of hydrogen-bond donors (Lipinski definition) is 2. The van der Waals surface area contributed by atoms with Crippen LogP contribution >= 0.6 is 22.6 Å². The lowest BCUT2D eigenvalue weighted by atomic mass is 10.1. The molecule has 0 aliphatic rings. The smallest absolute Gasteiger partial charge is 0.336 e. The van der Waals surface area contributed by atoms with Gasteiger partial charge in [-0.3, -0.25) is 19.0 Å². The number of carbonyl (C=O) groups is 3. The van der Waals surface area contributed by atoms with Crippen LogP contribution in [0.2, 0.25) is 0 Å². The molecule has 2 amide bonds. The molecule has 5 aromatic rings. The minimum Gasteiger partial charge on any atom is -0.497 e. The van der Waals surface area contributed by atoms with Crippen LogP contribution in [0.4, 0.5) is 0 Å². The molecule has 2 aromatic heterocycles. The van der Waals surface area contributed by atoms with Crippen molar-refractivity contribution in [1.82, 2.24) is 15.2 Å². The summed E-state index contributed by atoms with van der Waals surface area (Å²) < 4.78 is 18.3. The summed E-state index contributed by atoms with van der Waals surface area (Å²) in [6.07, 6.45) is 0.00444. The average Bonchev–Trinajstić information content (AvgIpc) is 3.31. The molecule has 0 radical (unpaired) electrons. The number of fused-ring (bicyclic) bond motifs is 2. The molecule has 5 rings (SSSR count). The highest BCUT2D eigenvalue weighted by atomic mass is 127. The maximum absolute atomic E-state index is 13.6. The third-order valence-electron chi connectivity index (χ3n) is 7.60. The summed E-state index contributed by atoms with van der Waals surface area (Å²) in [6, 6.07) is 19.3. The Labute approximate surface area is 272 Å². The highest BCUT2D eigenvalue weighted by Gasteiger charge is 2.22. The van der Waals surface area contributed by atoms with E-state index in [2.05, 4.69) is 33.2 Å². The SMILES string of the molecule is COc1ccc2c(CC(=O)NCCNC(=O)Cc3c(C)n(C(=O)c4ccc(CI)cc4)c4ccc(OC)cc34)cc(=O)oc2c1. The first-order valence-electron chi connectivity index (χ1n) is 14.2. The Morgan fingerprint density at radius 3 is 2.13 bits per heavy atom. The molecule has 0 spiro atoms. The predicted molar refractivity (Wildman–Crippen MR) is 180 cm³/mol. The van der Waals surface area contributed by atoms with E-state index >= 15 is 0 Å². The lowest BCUT2D eigenvalue weighted by molar-refractivity contribution is -0.122. The van der Waals surface area contributed by atoms with E-state index in [1.54, 1.807) is 35.9 Å². The van der Waals surface area contributed by atoms with Crippen molar-refractivity contribution >= 4 is 62.2 Å². The van der Waals surface area contributed by atoms with Crippen molar-refractivity contribution in [3.8, 4) is 11.5 Å². The monoisotopic (exact) mass is 721 g/mol. The van der Waals surface area contributed by atoms with Gasteiger partial charge < -0.3 is 24.5 Å². The number of carbonyl (C=O) groups excluding carboxylic acids is 3. The normalized spacial score (nSPS) is 11.0. The van der Waals surface area contributed by atoms with Gasteiger partial charge in [-0.05, 0) is 66.1 Å². The second-order valence-corrected chi connectivity index (χ2v) is 11.2. The van der Waals surface area contributed by atoms with Crippen molar-refractivity contribution in [1.29, 1.82) is 0 Å². The molecule has 0 unspecified atom stereocenters. The Kier molecular flexibility index (Phi) is 9.87. The number of aromatic nitrogens is 1. The maximum Gasteiger partial charge on any atom is 0.336 e. The number of benzene rings is 3. The van der Waals surface area contributed by atoms with Crippen LogP contribution in [0.3, 0.4) is 0 Å². The molecule has 11 heteroatoms. The molecule has 45 heavy (non-hydrogen) atoms. The Bertz CT molecular complexity index is 1960. The van der Waals surface area contributed by atoms with Crippen LogP contribution in [0.1, 0.15) is 32.7 Å². The van der Waals surface area contributed by atoms with Crippen LogP contribution in [-0.2, 0) is 26.9 Å². The maximum atomic E-state index is 13.6. The van der Waals surface area contributed by atoms with Gasteiger partial charge in [0.25, 0.3) is 5.91 Å².